The van der Waals surface area contributed by atoms with Gasteiger partial charge in [0.2, 0.25) is 0 Å². The number of aryl methyl sites for hydroxylation is 1. The number of ether oxygens (including phenoxy) is 1. The Hall–Kier alpha value is -3.12. The van der Waals surface area contributed by atoms with Crippen molar-refractivity contribution in [1.82, 2.24) is 5.43 Å². The maximum atomic E-state index is 12.3. The number of hydrogen-bond acceptors (Lipinski definition) is 4. The van der Waals surface area contributed by atoms with Crippen LogP contribution >= 0.6 is 15.9 Å². The van der Waals surface area contributed by atoms with Crippen LogP contribution < -0.4 is 15.1 Å². The van der Waals surface area contributed by atoms with Gasteiger partial charge in [-0.1, -0.05) is 30.3 Å². The normalized spacial score (nSPS) is 13.2. The van der Waals surface area contributed by atoms with Crippen molar-refractivity contribution < 1.29 is 9.53 Å². The maximum absolute atomic E-state index is 12.3. The highest BCUT2D eigenvalue weighted by molar-refractivity contribution is 9.10. The summed E-state index contributed by atoms with van der Waals surface area (Å²) in [7, 11) is 1.69. The Kier molecular flexibility index (Phi) is 6.67. The average molecular weight is 478 g/mol. The summed E-state index contributed by atoms with van der Waals surface area (Å²) in [5, 5.41) is 4.14. The van der Waals surface area contributed by atoms with E-state index in [2.05, 4.69) is 61.7 Å². The van der Waals surface area contributed by atoms with Gasteiger partial charge in [0.05, 0.1) is 18.9 Å². The number of carbonyl (C=O) groups is 1. The molecular weight excluding hydrogens is 454 g/mol. The molecule has 0 fully saturated rings. The Morgan fingerprint density at radius 3 is 2.81 bits per heavy atom. The van der Waals surface area contributed by atoms with E-state index in [0.29, 0.717) is 5.56 Å². The molecule has 0 saturated heterocycles. The lowest BCUT2D eigenvalue weighted by atomic mass is 10.0. The van der Waals surface area contributed by atoms with Gasteiger partial charge in [0.1, 0.15) is 5.75 Å². The van der Waals surface area contributed by atoms with Crippen LogP contribution in [0.1, 0.15) is 33.5 Å². The van der Waals surface area contributed by atoms with Crippen LogP contribution in [0.25, 0.3) is 0 Å². The average Bonchev–Trinajstić information content (AvgIpc) is 2.80. The SMILES string of the molecule is COc1ccc(C=NNC(=O)c2ccccc2Br)cc1CN1CCCc2ccccc21. The van der Waals surface area contributed by atoms with Gasteiger partial charge in [-0.3, -0.25) is 4.79 Å². The summed E-state index contributed by atoms with van der Waals surface area (Å²) in [5.41, 5.74) is 7.79. The van der Waals surface area contributed by atoms with Gasteiger partial charge in [-0.2, -0.15) is 5.10 Å². The smallest absolute Gasteiger partial charge is 0.272 e. The third kappa shape index (κ3) is 4.97. The van der Waals surface area contributed by atoms with Crippen LogP contribution in [0.3, 0.4) is 0 Å². The molecule has 0 saturated carbocycles. The zero-order valence-corrected chi connectivity index (χ0v) is 18.9. The number of hydrogen-bond donors (Lipinski definition) is 1. The van der Waals surface area contributed by atoms with Crippen LogP contribution in [-0.4, -0.2) is 25.8 Å². The van der Waals surface area contributed by atoms with Gasteiger partial charge in [0.25, 0.3) is 5.91 Å². The Bertz CT molecular complexity index is 1110. The van der Waals surface area contributed by atoms with Crippen LogP contribution in [0.15, 0.2) is 76.3 Å². The number of hydrazone groups is 1. The third-order valence-corrected chi connectivity index (χ3v) is 6.06. The second kappa shape index (κ2) is 9.79. The molecular formula is C25H24BrN3O2. The number of methoxy groups -OCH3 is 1. The van der Waals surface area contributed by atoms with Gasteiger partial charge >= 0.3 is 0 Å². The van der Waals surface area contributed by atoms with Crippen LogP contribution in [0, 0.1) is 0 Å². The summed E-state index contributed by atoms with van der Waals surface area (Å²) < 4.78 is 6.33. The van der Waals surface area contributed by atoms with Crippen molar-refractivity contribution in [2.45, 2.75) is 19.4 Å². The van der Waals surface area contributed by atoms with Gasteiger partial charge in [-0.15, -0.1) is 0 Å². The minimum Gasteiger partial charge on any atom is -0.496 e. The highest BCUT2D eigenvalue weighted by Gasteiger charge is 2.18. The van der Waals surface area contributed by atoms with E-state index >= 15 is 0 Å². The van der Waals surface area contributed by atoms with Crippen molar-refractivity contribution in [2.24, 2.45) is 5.10 Å². The Morgan fingerprint density at radius 2 is 1.97 bits per heavy atom. The Labute approximate surface area is 190 Å². The van der Waals surface area contributed by atoms with Gasteiger partial charge < -0.3 is 9.64 Å². The molecule has 158 valence electrons. The quantitative estimate of drug-likeness (QED) is 0.393. The second-order valence-corrected chi connectivity index (χ2v) is 8.26. The predicted molar refractivity (Wildman–Crippen MR) is 128 cm³/mol. The van der Waals surface area contributed by atoms with Crippen LogP contribution in [0.5, 0.6) is 5.75 Å². The largest absolute Gasteiger partial charge is 0.496 e. The maximum Gasteiger partial charge on any atom is 0.272 e. The van der Waals surface area contributed by atoms with Crippen molar-refractivity contribution in [3.05, 3.63) is 93.5 Å². The van der Waals surface area contributed by atoms with E-state index < -0.39 is 0 Å². The van der Waals surface area contributed by atoms with Crippen molar-refractivity contribution in [3.8, 4) is 5.75 Å². The van der Waals surface area contributed by atoms with E-state index in [1.165, 1.54) is 11.3 Å². The van der Waals surface area contributed by atoms with Gasteiger partial charge in [0.15, 0.2) is 0 Å². The molecule has 1 amide bonds. The molecule has 1 N–H and O–H groups in total. The lowest BCUT2D eigenvalue weighted by Gasteiger charge is -2.31. The molecule has 1 heterocycles. The summed E-state index contributed by atoms with van der Waals surface area (Å²) in [6.45, 7) is 1.77. The highest BCUT2D eigenvalue weighted by Crippen LogP contribution is 2.30. The molecule has 0 unspecified atom stereocenters. The minimum atomic E-state index is -0.262. The van der Waals surface area contributed by atoms with Gasteiger partial charge in [-0.25, -0.2) is 5.43 Å². The number of fused-ring (bicyclic) bond motifs is 1. The van der Waals surface area contributed by atoms with E-state index in [1.807, 2.05) is 30.3 Å². The Morgan fingerprint density at radius 1 is 1.16 bits per heavy atom. The molecule has 0 atom stereocenters. The number of anilines is 1. The fraction of sp³-hybridized carbons (Fsp3) is 0.200. The van der Waals surface area contributed by atoms with Crippen molar-refractivity contribution in [2.75, 3.05) is 18.6 Å². The number of carbonyl (C=O) groups excluding carboxylic acids is 1. The second-order valence-electron chi connectivity index (χ2n) is 7.40. The zero-order chi connectivity index (χ0) is 21.6. The number of nitrogens with zero attached hydrogens (tertiary/aromatic N) is 2. The fourth-order valence-corrected chi connectivity index (χ4v) is 4.32. The van der Waals surface area contributed by atoms with Crippen LogP contribution in [0.4, 0.5) is 5.69 Å². The molecule has 3 aromatic carbocycles. The third-order valence-electron chi connectivity index (χ3n) is 5.37. The molecule has 6 heteroatoms. The number of para-hydroxylation sites is 1. The summed E-state index contributed by atoms with van der Waals surface area (Å²) in [4.78, 5) is 14.7. The molecule has 1 aliphatic heterocycles. The number of rotatable bonds is 6. The predicted octanol–water partition coefficient (Wildman–Crippen LogP) is 5.17. The van der Waals surface area contributed by atoms with E-state index in [-0.39, 0.29) is 5.91 Å². The monoisotopic (exact) mass is 477 g/mol. The van der Waals surface area contributed by atoms with Crippen LogP contribution in [-0.2, 0) is 13.0 Å². The van der Waals surface area contributed by atoms with Gasteiger partial charge in [-0.05, 0) is 76.3 Å². The Balaban J connectivity index is 1.50. The molecule has 4 rings (SSSR count). The lowest BCUT2D eigenvalue weighted by Crippen LogP contribution is -2.29. The molecule has 31 heavy (non-hydrogen) atoms. The number of halogens is 1. The van der Waals surface area contributed by atoms with Crippen LogP contribution in [0.2, 0.25) is 0 Å². The number of nitrogens with one attached hydrogen (secondary N) is 1. The molecule has 1 aliphatic rings. The number of benzene rings is 3. The van der Waals surface area contributed by atoms with Crippen molar-refractivity contribution >= 4 is 33.7 Å². The molecule has 3 aromatic rings. The summed E-state index contributed by atoms with van der Waals surface area (Å²) in [6, 6.07) is 21.8. The first-order valence-corrected chi connectivity index (χ1v) is 11.0. The zero-order valence-electron chi connectivity index (χ0n) is 17.3. The standard InChI is InChI=1S/C25H24BrN3O2/c1-31-24-13-12-18(16-27-28-25(30)21-9-3-4-10-22(21)26)15-20(24)17-29-14-6-8-19-7-2-5-11-23(19)29/h2-5,7,9-13,15-16H,6,8,14,17H2,1H3,(H,28,30). The summed E-state index contributed by atoms with van der Waals surface area (Å²) >= 11 is 3.39. The summed E-state index contributed by atoms with van der Waals surface area (Å²) in [6.07, 6.45) is 3.91. The van der Waals surface area contributed by atoms with Crippen molar-refractivity contribution in [3.63, 3.8) is 0 Å². The molecule has 0 spiro atoms. The number of amides is 1. The minimum absolute atomic E-state index is 0.262. The molecule has 0 aliphatic carbocycles. The van der Waals surface area contributed by atoms with E-state index in [4.69, 9.17) is 4.74 Å². The van der Waals surface area contributed by atoms with Crippen molar-refractivity contribution in [1.29, 1.82) is 0 Å². The molecule has 0 aromatic heterocycles. The molecule has 0 bridgehead atoms. The van der Waals surface area contributed by atoms with E-state index in [0.717, 1.165) is 47.3 Å². The topological polar surface area (TPSA) is 53.9 Å². The first-order valence-electron chi connectivity index (χ1n) is 10.2. The fourth-order valence-electron chi connectivity index (χ4n) is 3.85. The van der Waals surface area contributed by atoms with E-state index in [9.17, 15) is 4.79 Å². The molecule has 0 radical (unpaired) electrons. The van der Waals surface area contributed by atoms with Gasteiger partial charge in [0, 0.05) is 28.8 Å². The lowest BCUT2D eigenvalue weighted by molar-refractivity contribution is 0.0954. The summed E-state index contributed by atoms with van der Waals surface area (Å²) in [5.74, 6) is 0.583. The van der Waals surface area contributed by atoms with E-state index in [1.54, 1.807) is 19.4 Å². The molecule has 5 nitrogen and oxygen atoms in total. The first-order chi connectivity index (χ1) is 15.2. The highest BCUT2D eigenvalue weighted by atomic mass is 79.9. The first kappa shape index (κ1) is 21.1.